The third-order valence-electron chi connectivity index (χ3n) is 4.11. The Balaban J connectivity index is 2.84. The van der Waals surface area contributed by atoms with E-state index in [0.29, 0.717) is 18.3 Å². The van der Waals surface area contributed by atoms with Crippen molar-refractivity contribution in [3.05, 3.63) is 0 Å². The van der Waals surface area contributed by atoms with Crippen molar-refractivity contribution in [3.63, 3.8) is 0 Å². The minimum absolute atomic E-state index is 0.157. The van der Waals surface area contributed by atoms with Crippen LogP contribution >= 0.6 is 7.60 Å². The summed E-state index contributed by atoms with van der Waals surface area (Å²) in [5, 5.41) is 18.0. The molecule has 2 unspecified atom stereocenters. The maximum absolute atomic E-state index is 12.5. The Labute approximate surface area is 115 Å². The highest BCUT2D eigenvalue weighted by molar-refractivity contribution is 7.53. The fraction of sp³-hybridized carbons (Fsp3) is 1.00. The van der Waals surface area contributed by atoms with Gasteiger partial charge in [0.15, 0.2) is 0 Å². The number of aliphatic hydroxyl groups excluding tert-OH is 2. The summed E-state index contributed by atoms with van der Waals surface area (Å²) < 4.78 is 17.6. The second kappa shape index (κ2) is 7.19. The minimum atomic E-state index is -3.82. The molecular formula is C13H27O5P. The summed E-state index contributed by atoms with van der Waals surface area (Å²) in [5.41, 5.74) is -0.392. The molecule has 3 N–H and O–H groups in total. The van der Waals surface area contributed by atoms with E-state index >= 15 is 0 Å². The first-order chi connectivity index (χ1) is 8.81. The van der Waals surface area contributed by atoms with E-state index in [2.05, 4.69) is 20.8 Å². The monoisotopic (exact) mass is 294 g/mol. The van der Waals surface area contributed by atoms with E-state index in [1.807, 2.05) is 0 Å². The van der Waals surface area contributed by atoms with E-state index in [1.54, 1.807) is 0 Å². The van der Waals surface area contributed by atoms with Crippen LogP contribution in [-0.4, -0.2) is 40.1 Å². The van der Waals surface area contributed by atoms with E-state index in [0.717, 1.165) is 12.8 Å². The molecule has 6 heteroatoms. The quantitative estimate of drug-likeness (QED) is 0.652. The lowest BCUT2D eigenvalue weighted by Crippen LogP contribution is -2.34. The predicted molar refractivity (Wildman–Crippen MR) is 74.0 cm³/mol. The van der Waals surface area contributed by atoms with Gasteiger partial charge in [-0.3, -0.25) is 4.57 Å². The smallest absolute Gasteiger partial charge is 0.331 e. The van der Waals surface area contributed by atoms with Crippen LogP contribution in [0.25, 0.3) is 0 Å². The molecule has 0 bridgehead atoms. The van der Waals surface area contributed by atoms with Crippen LogP contribution in [0.4, 0.5) is 0 Å². The third-order valence-corrected chi connectivity index (χ3v) is 6.15. The Bertz CT molecular complexity index is 316. The lowest BCUT2D eigenvalue weighted by molar-refractivity contribution is 0.0478. The molecule has 0 aromatic carbocycles. The van der Waals surface area contributed by atoms with Crippen molar-refractivity contribution in [1.82, 2.24) is 0 Å². The molecule has 0 heterocycles. The molecule has 1 rings (SSSR count). The average Bonchev–Trinajstić information content (AvgIpc) is 2.35. The van der Waals surface area contributed by atoms with Crippen molar-refractivity contribution in [2.75, 3.05) is 13.2 Å². The number of hydrogen-bond acceptors (Lipinski definition) is 4. The van der Waals surface area contributed by atoms with Gasteiger partial charge in [0.1, 0.15) is 6.10 Å². The number of aliphatic hydroxyl groups is 2. The van der Waals surface area contributed by atoms with Gasteiger partial charge in [0, 0.05) is 0 Å². The molecule has 0 saturated heterocycles. The van der Waals surface area contributed by atoms with Crippen molar-refractivity contribution in [2.24, 2.45) is 17.8 Å². The minimum Gasteiger partial charge on any atom is -0.394 e. The molecule has 4 atom stereocenters. The zero-order chi connectivity index (χ0) is 14.6. The fourth-order valence-electron chi connectivity index (χ4n) is 2.94. The third kappa shape index (κ3) is 4.54. The topological polar surface area (TPSA) is 87.0 Å². The highest BCUT2D eigenvalue weighted by Crippen LogP contribution is 2.57. The Morgan fingerprint density at radius 3 is 2.32 bits per heavy atom. The summed E-state index contributed by atoms with van der Waals surface area (Å²) in [4.78, 5) is 10.2. The van der Waals surface area contributed by atoms with E-state index < -0.39 is 32.6 Å². The van der Waals surface area contributed by atoms with Crippen molar-refractivity contribution in [2.45, 2.75) is 51.8 Å². The van der Waals surface area contributed by atoms with Crippen molar-refractivity contribution >= 4 is 7.60 Å². The highest BCUT2D eigenvalue weighted by Gasteiger charge is 2.44. The van der Waals surface area contributed by atoms with E-state index in [4.69, 9.17) is 14.7 Å². The summed E-state index contributed by atoms with van der Waals surface area (Å²) in [5.74, 6) is 0.888. The average molecular weight is 294 g/mol. The molecule has 0 radical (unpaired) electrons. The van der Waals surface area contributed by atoms with E-state index in [-0.39, 0.29) is 5.92 Å². The second-order valence-corrected chi connectivity index (χ2v) is 8.05. The number of rotatable bonds is 6. The summed E-state index contributed by atoms with van der Waals surface area (Å²) >= 11 is 0. The first-order valence-corrected chi connectivity index (χ1v) is 8.69. The molecule has 5 nitrogen and oxygen atoms in total. The predicted octanol–water partition coefficient (Wildman–Crippen LogP) is 2.00. The van der Waals surface area contributed by atoms with Gasteiger partial charge in [0.05, 0.1) is 18.9 Å². The zero-order valence-corrected chi connectivity index (χ0v) is 12.9. The second-order valence-electron chi connectivity index (χ2n) is 6.05. The Hall–Kier alpha value is 0.0700. The van der Waals surface area contributed by atoms with E-state index in [9.17, 15) is 9.46 Å². The molecule has 0 aliphatic heterocycles. The van der Waals surface area contributed by atoms with Crippen LogP contribution in [0.15, 0.2) is 0 Å². The molecule has 0 spiro atoms. The maximum atomic E-state index is 12.5. The van der Waals surface area contributed by atoms with Crippen LogP contribution in [0.3, 0.4) is 0 Å². The number of hydrogen-bond donors (Lipinski definition) is 3. The SMILES string of the molecule is CC(C)[C@@H]1CC[C@@H](C)CC1P(=O)(O)OC(CO)CO. The van der Waals surface area contributed by atoms with Crippen LogP contribution in [0.2, 0.25) is 0 Å². The van der Waals surface area contributed by atoms with Gasteiger partial charge >= 0.3 is 7.60 Å². The molecule has 1 aliphatic carbocycles. The fourth-order valence-corrected chi connectivity index (χ4v) is 5.26. The van der Waals surface area contributed by atoms with Gasteiger partial charge in [0.25, 0.3) is 0 Å². The van der Waals surface area contributed by atoms with Crippen LogP contribution in [0.5, 0.6) is 0 Å². The molecule has 0 amide bonds. The highest BCUT2D eigenvalue weighted by atomic mass is 31.2. The largest absolute Gasteiger partial charge is 0.394 e. The van der Waals surface area contributed by atoms with Gasteiger partial charge in [-0.2, -0.15) is 0 Å². The van der Waals surface area contributed by atoms with Gasteiger partial charge < -0.3 is 19.6 Å². The summed E-state index contributed by atoms with van der Waals surface area (Å²) in [7, 11) is -3.82. The summed E-state index contributed by atoms with van der Waals surface area (Å²) in [6.45, 7) is 5.30. The van der Waals surface area contributed by atoms with Crippen LogP contribution in [-0.2, 0) is 9.09 Å². The van der Waals surface area contributed by atoms with Crippen LogP contribution in [0, 0.1) is 17.8 Å². The molecule has 0 aromatic rings. The summed E-state index contributed by atoms with van der Waals surface area (Å²) in [6.07, 6.45) is 1.70. The van der Waals surface area contributed by atoms with Gasteiger partial charge in [-0.1, -0.05) is 27.2 Å². The summed E-state index contributed by atoms with van der Waals surface area (Å²) in [6, 6.07) is 0. The molecule has 0 aromatic heterocycles. The van der Waals surface area contributed by atoms with Gasteiger partial charge in [-0.25, -0.2) is 0 Å². The van der Waals surface area contributed by atoms with Crippen molar-refractivity contribution < 1.29 is 24.2 Å². The Kier molecular flexibility index (Phi) is 6.48. The van der Waals surface area contributed by atoms with E-state index in [1.165, 1.54) is 0 Å². The van der Waals surface area contributed by atoms with Crippen LogP contribution in [0.1, 0.15) is 40.0 Å². The lowest BCUT2D eigenvalue weighted by atomic mass is 9.77. The molecule has 19 heavy (non-hydrogen) atoms. The Morgan fingerprint density at radius 1 is 1.26 bits per heavy atom. The molecule has 1 fully saturated rings. The van der Waals surface area contributed by atoms with Gasteiger partial charge in [-0.05, 0) is 30.6 Å². The van der Waals surface area contributed by atoms with Crippen molar-refractivity contribution in [3.8, 4) is 0 Å². The first kappa shape index (κ1) is 17.1. The Morgan fingerprint density at radius 2 is 1.84 bits per heavy atom. The molecular weight excluding hydrogens is 267 g/mol. The first-order valence-electron chi connectivity index (χ1n) is 7.04. The standard InChI is InChI=1S/C13H27O5P/c1-9(2)12-5-4-10(3)6-13(12)19(16,17)18-11(7-14)8-15/h9-15H,4-8H2,1-3H3,(H,16,17)/t10-,12+,13?/m1/s1. The van der Waals surface area contributed by atoms with Crippen molar-refractivity contribution in [1.29, 1.82) is 0 Å². The zero-order valence-electron chi connectivity index (χ0n) is 12.0. The normalized spacial score (nSPS) is 31.7. The lowest BCUT2D eigenvalue weighted by Gasteiger charge is -2.39. The maximum Gasteiger partial charge on any atom is 0.331 e. The molecule has 114 valence electrons. The van der Waals surface area contributed by atoms with Crippen LogP contribution < -0.4 is 0 Å². The molecule has 1 saturated carbocycles. The van der Waals surface area contributed by atoms with Gasteiger partial charge in [-0.15, -0.1) is 0 Å². The van der Waals surface area contributed by atoms with Gasteiger partial charge in [0.2, 0.25) is 0 Å². The molecule has 1 aliphatic rings.